The average molecular weight is 392 g/mol. The van der Waals surface area contributed by atoms with Gasteiger partial charge in [-0.3, -0.25) is 0 Å². The molecular formula is C22H24N4O3. The van der Waals surface area contributed by atoms with Gasteiger partial charge in [0.15, 0.2) is 0 Å². The maximum Gasteiger partial charge on any atom is 0.322 e. The number of carbonyl (C=O) groups excluding carboxylic acids is 1. The zero-order chi connectivity index (χ0) is 20.2. The number of nitrogens with zero attached hydrogens (tertiary/aromatic N) is 3. The summed E-state index contributed by atoms with van der Waals surface area (Å²) in [6.45, 7) is 5.22. The van der Waals surface area contributed by atoms with E-state index in [1.807, 2.05) is 62.4 Å². The van der Waals surface area contributed by atoms with Crippen LogP contribution in [0.15, 0.2) is 53.1 Å². The summed E-state index contributed by atoms with van der Waals surface area (Å²) < 4.78 is 10.9. The fraction of sp³-hybridized carbons (Fsp3) is 0.318. The lowest BCUT2D eigenvalue weighted by molar-refractivity contribution is 0.193. The van der Waals surface area contributed by atoms with Crippen LogP contribution in [0.3, 0.4) is 0 Å². The molecule has 150 valence electrons. The first kappa shape index (κ1) is 19.0. The standard InChI is InChI=1S/C22H24N4O3/c1-3-28-18-12-10-17(11-13-18)23-22(27)26-14-4-5-19(26)21-24-20(25-29-21)16-8-6-15(2)7-9-16/h6-13,19H,3-5,14H2,1-2H3,(H,23,27)/t19-/m0/s1. The molecule has 29 heavy (non-hydrogen) atoms. The van der Waals surface area contributed by atoms with Crippen molar-refractivity contribution in [3.05, 3.63) is 60.0 Å². The van der Waals surface area contributed by atoms with Gasteiger partial charge in [-0.15, -0.1) is 0 Å². The summed E-state index contributed by atoms with van der Waals surface area (Å²) in [5, 5.41) is 7.05. The molecule has 2 heterocycles. The molecule has 0 aliphatic carbocycles. The van der Waals surface area contributed by atoms with Crippen molar-refractivity contribution in [2.24, 2.45) is 0 Å². The van der Waals surface area contributed by atoms with Crippen LogP contribution in [-0.2, 0) is 0 Å². The lowest BCUT2D eigenvalue weighted by atomic mass is 10.1. The van der Waals surface area contributed by atoms with Crippen molar-refractivity contribution < 1.29 is 14.1 Å². The molecule has 0 radical (unpaired) electrons. The van der Waals surface area contributed by atoms with E-state index in [-0.39, 0.29) is 12.1 Å². The second-order valence-electron chi connectivity index (χ2n) is 7.06. The predicted molar refractivity (Wildman–Crippen MR) is 110 cm³/mol. The second kappa shape index (κ2) is 8.34. The normalized spacial score (nSPS) is 16.1. The maximum atomic E-state index is 12.8. The fourth-order valence-electron chi connectivity index (χ4n) is 3.45. The number of likely N-dealkylation sites (tertiary alicyclic amines) is 1. The van der Waals surface area contributed by atoms with Crippen molar-refractivity contribution in [2.75, 3.05) is 18.5 Å². The van der Waals surface area contributed by atoms with Gasteiger partial charge in [0.05, 0.1) is 6.61 Å². The Kier molecular flexibility index (Phi) is 5.46. The van der Waals surface area contributed by atoms with Gasteiger partial charge in [0.25, 0.3) is 0 Å². The SMILES string of the molecule is CCOc1ccc(NC(=O)N2CCC[C@H]2c2nc(-c3ccc(C)cc3)no2)cc1. The lowest BCUT2D eigenvalue weighted by Crippen LogP contribution is -2.34. The van der Waals surface area contributed by atoms with Gasteiger partial charge in [0, 0.05) is 17.8 Å². The van der Waals surface area contributed by atoms with E-state index >= 15 is 0 Å². The highest BCUT2D eigenvalue weighted by Gasteiger charge is 2.34. The molecule has 1 aliphatic heterocycles. The maximum absolute atomic E-state index is 12.8. The molecule has 7 nitrogen and oxygen atoms in total. The third kappa shape index (κ3) is 4.23. The Morgan fingerprint density at radius 3 is 2.69 bits per heavy atom. The van der Waals surface area contributed by atoms with Crippen LogP contribution in [0.1, 0.15) is 37.3 Å². The number of amides is 2. The van der Waals surface area contributed by atoms with Gasteiger partial charge in [0.1, 0.15) is 11.8 Å². The van der Waals surface area contributed by atoms with Crippen molar-refractivity contribution in [2.45, 2.75) is 32.7 Å². The van der Waals surface area contributed by atoms with Gasteiger partial charge in [0.2, 0.25) is 11.7 Å². The van der Waals surface area contributed by atoms with E-state index in [2.05, 4.69) is 15.5 Å². The molecule has 1 saturated heterocycles. The van der Waals surface area contributed by atoms with Crippen LogP contribution in [0.5, 0.6) is 5.75 Å². The zero-order valence-corrected chi connectivity index (χ0v) is 16.6. The van der Waals surface area contributed by atoms with Gasteiger partial charge in [-0.25, -0.2) is 4.79 Å². The highest BCUT2D eigenvalue weighted by Crippen LogP contribution is 2.32. The van der Waals surface area contributed by atoms with Crippen LogP contribution < -0.4 is 10.1 Å². The molecule has 0 bridgehead atoms. The largest absolute Gasteiger partial charge is 0.494 e. The number of anilines is 1. The molecule has 0 saturated carbocycles. The van der Waals surface area contributed by atoms with Gasteiger partial charge in [-0.1, -0.05) is 35.0 Å². The highest BCUT2D eigenvalue weighted by atomic mass is 16.5. The first-order valence-electron chi connectivity index (χ1n) is 9.85. The number of benzene rings is 2. The number of ether oxygens (including phenoxy) is 1. The molecule has 1 aliphatic rings. The third-order valence-corrected chi connectivity index (χ3v) is 4.97. The van der Waals surface area contributed by atoms with Crippen LogP contribution in [0.4, 0.5) is 10.5 Å². The summed E-state index contributed by atoms with van der Waals surface area (Å²) in [7, 11) is 0. The smallest absolute Gasteiger partial charge is 0.322 e. The summed E-state index contributed by atoms with van der Waals surface area (Å²) in [5.74, 6) is 1.79. The summed E-state index contributed by atoms with van der Waals surface area (Å²) in [6, 6.07) is 14.9. The Bertz CT molecular complexity index is 966. The van der Waals surface area contributed by atoms with E-state index < -0.39 is 0 Å². The Hall–Kier alpha value is -3.35. The van der Waals surface area contributed by atoms with Gasteiger partial charge < -0.3 is 19.5 Å². The monoisotopic (exact) mass is 392 g/mol. The molecule has 1 aromatic heterocycles. The minimum Gasteiger partial charge on any atom is -0.494 e. The minimum atomic E-state index is -0.218. The molecule has 1 fully saturated rings. The van der Waals surface area contributed by atoms with Crippen LogP contribution in [0.2, 0.25) is 0 Å². The molecule has 7 heteroatoms. The Labute approximate surface area is 169 Å². The molecule has 0 spiro atoms. The first-order chi connectivity index (χ1) is 14.1. The predicted octanol–water partition coefficient (Wildman–Crippen LogP) is 4.81. The van der Waals surface area contributed by atoms with Gasteiger partial charge in [-0.2, -0.15) is 4.98 Å². The van der Waals surface area contributed by atoms with E-state index in [1.54, 1.807) is 4.90 Å². The number of hydrogen-bond acceptors (Lipinski definition) is 5. The van der Waals surface area contributed by atoms with E-state index in [0.717, 1.165) is 29.8 Å². The number of urea groups is 1. The van der Waals surface area contributed by atoms with Crippen LogP contribution in [-0.4, -0.2) is 34.2 Å². The van der Waals surface area contributed by atoms with Crippen LogP contribution in [0, 0.1) is 6.92 Å². The van der Waals surface area contributed by atoms with E-state index in [9.17, 15) is 4.79 Å². The molecule has 2 aromatic carbocycles. The number of aryl methyl sites for hydroxylation is 1. The van der Waals surface area contributed by atoms with Crippen molar-refractivity contribution in [1.29, 1.82) is 0 Å². The second-order valence-corrected chi connectivity index (χ2v) is 7.06. The molecule has 1 N–H and O–H groups in total. The van der Waals surface area contributed by atoms with Gasteiger partial charge in [-0.05, 0) is 51.0 Å². The lowest BCUT2D eigenvalue weighted by Gasteiger charge is -2.22. The van der Waals surface area contributed by atoms with Gasteiger partial charge >= 0.3 is 6.03 Å². The summed E-state index contributed by atoms with van der Waals surface area (Å²) >= 11 is 0. The Morgan fingerprint density at radius 1 is 1.21 bits per heavy atom. The molecule has 4 rings (SSSR count). The third-order valence-electron chi connectivity index (χ3n) is 4.97. The zero-order valence-electron chi connectivity index (χ0n) is 16.6. The number of nitrogens with one attached hydrogen (secondary N) is 1. The topological polar surface area (TPSA) is 80.5 Å². The van der Waals surface area contributed by atoms with Crippen LogP contribution in [0.25, 0.3) is 11.4 Å². The van der Waals surface area contributed by atoms with Crippen molar-refractivity contribution >= 4 is 11.7 Å². The van der Waals surface area contributed by atoms with E-state index in [1.165, 1.54) is 5.56 Å². The van der Waals surface area contributed by atoms with Crippen LogP contribution >= 0.6 is 0 Å². The van der Waals surface area contributed by atoms with Crippen molar-refractivity contribution in [3.8, 4) is 17.1 Å². The summed E-state index contributed by atoms with van der Waals surface area (Å²) in [5.41, 5.74) is 2.79. The Balaban J connectivity index is 1.46. The number of hydrogen-bond donors (Lipinski definition) is 1. The van der Waals surface area contributed by atoms with Crippen molar-refractivity contribution in [1.82, 2.24) is 15.0 Å². The quantitative estimate of drug-likeness (QED) is 0.674. The molecule has 2 amide bonds. The highest BCUT2D eigenvalue weighted by molar-refractivity contribution is 5.89. The van der Waals surface area contributed by atoms with E-state index in [4.69, 9.17) is 9.26 Å². The summed E-state index contributed by atoms with van der Waals surface area (Å²) in [4.78, 5) is 19.1. The minimum absolute atomic E-state index is 0.174. The summed E-state index contributed by atoms with van der Waals surface area (Å²) in [6.07, 6.45) is 1.69. The van der Waals surface area contributed by atoms with E-state index in [0.29, 0.717) is 24.9 Å². The molecular weight excluding hydrogens is 368 g/mol. The number of aromatic nitrogens is 2. The molecule has 0 unspecified atom stereocenters. The molecule has 3 aromatic rings. The number of rotatable bonds is 5. The molecule has 1 atom stereocenters. The van der Waals surface area contributed by atoms with Crippen molar-refractivity contribution in [3.63, 3.8) is 0 Å². The fourth-order valence-corrected chi connectivity index (χ4v) is 3.45. The first-order valence-corrected chi connectivity index (χ1v) is 9.85. The number of carbonyl (C=O) groups is 1. The average Bonchev–Trinajstić information content (AvgIpc) is 3.40. The Morgan fingerprint density at radius 2 is 1.97 bits per heavy atom.